The van der Waals surface area contributed by atoms with E-state index in [9.17, 15) is 0 Å². The van der Waals surface area contributed by atoms with Crippen molar-refractivity contribution in [3.8, 4) is 51.0 Å². The molecule has 1 N–H and O–H groups in total. The Balaban J connectivity index is 1.04. The number of fused-ring (bicyclic) bond motifs is 6. The highest BCUT2D eigenvalue weighted by Crippen LogP contribution is 2.44. The normalized spacial score (nSPS) is 13.1. The van der Waals surface area contributed by atoms with Crippen LogP contribution in [0.1, 0.15) is 11.5 Å². The molecule has 7 heteroatoms. The molecule has 0 amide bonds. The number of benzene rings is 8. The minimum absolute atomic E-state index is 0.163. The summed E-state index contributed by atoms with van der Waals surface area (Å²) in [4.78, 5) is 17.7. The first kappa shape index (κ1) is 36.6. The first-order valence-corrected chi connectivity index (χ1v) is 21.4. The molecule has 0 radical (unpaired) electrons. The minimum atomic E-state index is -0.163. The van der Waals surface area contributed by atoms with E-state index in [4.69, 9.17) is 15.0 Å². The molecule has 0 saturated carbocycles. The molecule has 8 aromatic carbocycles. The molecule has 1 aliphatic carbocycles. The second kappa shape index (κ2) is 15.3. The van der Waals surface area contributed by atoms with E-state index in [-0.39, 0.29) is 12.9 Å². The lowest BCUT2D eigenvalue weighted by Crippen LogP contribution is -2.56. The van der Waals surface area contributed by atoms with E-state index in [1.54, 1.807) is 0 Å². The van der Waals surface area contributed by atoms with Gasteiger partial charge in [0, 0.05) is 50.4 Å². The van der Waals surface area contributed by atoms with Gasteiger partial charge >= 0.3 is 6.98 Å². The molecule has 0 spiro atoms. The number of nitrogens with one attached hydrogen (secondary N) is 1. The number of hydrogen-bond acceptors (Lipinski definition) is 5. The van der Waals surface area contributed by atoms with Gasteiger partial charge < -0.3 is 10.0 Å². The van der Waals surface area contributed by atoms with Crippen molar-refractivity contribution in [3.05, 3.63) is 230 Å². The smallest absolute Gasteiger partial charge is 0.405 e. The van der Waals surface area contributed by atoms with E-state index in [1.807, 2.05) is 60.7 Å². The van der Waals surface area contributed by atoms with E-state index in [0.717, 1.165) is 61.1 Å². The number of hydrogen-bond donors (Lipinski definition) is 1. The van der Waals surface area contributed by atoms with Gasteiger partial charge in [-0.15, -0.1) is 0 Å². The fraction of sp³-hybridized carbons (Fsp3) is 0.0179. The quantitative estimate of drug-likeness (QED) is 0.155. The SMILES string of the molecule is C1=CC(c2cccc3c2B(Nc2ccccc2)N(c2ccccc2)c2ccc(-c4ccc5c(c4)c4ccccc4n5-c4nc(-c5ccccc5)nc(-c5ccccc5)n4)cc2-3)C=C1. The minimum Gasteiger partial charge on any atom is -0.405 e. The van der Waals surface area contributed by atoms with Crippen LogP contribution in [-0.2, 0) is 0 Å². The van der Waals surface area contributed by atoms with Crippen LogP contribution >= 0.6 is 0 Å². The Morgan fingerprint density at radius 2 is 1.06 bits per heavy atom. The third-order valence-electron chi connectivity index (χ3n) is 12.3. The highest BCUT2D eigenvalue weighted by atomic mass is 15.2. The fourth-order valence-electron chi connectivity index (χ4n) is 9.43. The van der Waals surface area contributed by atoms with Gasteiger partial charge in [-0.2, -0.15) is 9.97 Å². The van der Waals surface area contributed by atoms with Crippen molar-refractivity contribution in [1.29, 1.82) is 0 Å². The van der Waals surface area contributed by atoms with E-state index in [2.05, 4.69) is 178 Å². The van der Waals surface area contributed by atoms with Gasteiger partial charge in [0.15, 0.2) is 11.6 Å². The largest absolute Gasteiger partial charge is 0.414 e. The predicted octanol–water partition coefficient (Wildman–Crippen LogP) is 12.8. The molecule has 3 heterocycles. The fourth-order valence-corrected chi connectivity index (χ4v) is 9.43. The van der Waals surface area contributed by atoms with Crippen molar-refractivity contribution in [2.24, 2.45) is 0 Å². The van der Waals surface area contributed by atoms with E-state index >= 15 is 0 Å². The van der Waals surface area contributed by atoms with Crippen LogP contribution in [0, 0.1) is 0 Å². The van der Waals surface area contributed by atoms with Gasteiger partial charge in [-0.25, -0.2) is 4.98 Å². The Bertz CT molecular complexity index is 3310. The second-order valence-corrected chi connectivity index (χ2v) is 16.1. The first-order valence-electron chi connectivity index (χ1n) is 21.4. The van der Waals surface area contributed by atoms with Gasteiger partial charge in [0.25, 0.3) is 0 Å². The lowest BCUT2D eigenvalue weighted by Gasteiger charge is -2.40. The molecule has 10 aromatic rings. The van der Waals surface area contributed by atoms with Crippen LogP contribution in [0.15, 0.2) is 224 Å². The standard InChI is InChI=1S/C56H39BN6/c1-5-20-39(21-6-1)54-58-55(40-22-7-2-8-23-40)60-56(59-54)62-50-31-16-15-28-46(50)48-36-41(32-34-51(48)62)42-33-35-52-49(37-42)47-30-17-29-45(38-18-13-14-19-38)53(47)57(61-43-24-9-3-10-25-43)63(52)44-26-11-4-12-27-44/h1-38,61H. The summed E-state index contributed by atoms with van der Waals surface area (Å²) in [5.74, 6) is 2.02. The number of rotatable bonds is 8. The van der Waals surface area contributed by atoms with Gasteiger partial charge in [0.05, 0.1) is 11.0 Å². The molecule has 6 nitrogen and oxygen atoms in total. The first-order chi connectivity index (χ1) is 31.2. The van der Waals surface area contributed by atoms with Crippen molar-refractivity contribution in [1.82, 2.24) is 19.5 Å². The molecule has 296 valence electrons. The Morgan fingerprint density at radius 1 is 0.460 bits per heavy atom. The van der Waals surface area contributed by atoms with Crippen LogP contribution in [0.5, 0.6) is 0 Å². The van der Waals surface area contributed by atoms with Crippen LogP contribution in [0.2, 0.25) is 0 Å². The number of para-hydroxylation sites is 3. The third-order valence-corrected chi connectivity index (χ3v) is 12.3. The second-order valence-electron chi connectivity index (χ2n) is 16.1. The molecule has 2 aromatic heterocycles. The summed E-state index contributed by atoms with van der Waals surface area (Å²) < 4.78 is 2.18. The summed E-state index contributed by atoms with van der Waals surface area (Å²) >= 11 is 0. The van der Waals surface area contributed by atoms with Gasteiger partial charge in [-0.1, -0.05) is 170 Å². The van der Waals surface area contributed by atoms with Crippen molar-refractivity contribution < 1.29 is 0 Å². The van der Waals surface area contributed by atoms with Crippen molar-refractivity contribution in [2.45, 2.75) is 5.92 Å². The maximum atomic E-state index is 5.14. The molecule has 2 aliphatic rings. The molecule has 0 bridgehead atoms. The topological polar surface area (TPSA) is 58.9 Å². The average molecular weight is 807 g/mol. The van der Waals surface area contributed by atoms with Gasteiger partial charge in [0.2, 0.25) is 5.95 Å². The molecular formula is C56H39BN6. The Labute approximate surface area is 366 Å². The summed E-state index contributed by atoms with van der Waals surface area (Å²) in [6.45, 7) is -0.163. The molecule has 0 unspecified atom stereocenters. The zero-order chi connectivity index (χ0) is 41.7. The number of anilines is 3. The molecule has 1 aliphatic heterocycles. The summed E-state index contributed by atoms with van der Waals surface area (Å²) in [7, 11) is 0. The Kier molecular flexibility index (Phi) is 8.89. The molecule has 63 heavy (non-hydrogen) atoms. The average Bonchev–Trinajstić information content (AvgIpc) is 4.02. The maximum Gasteiger partial charge on any atom is 0.414 e. The monoisotopic (exact) mass is 806 g/mol. The lowest BCUT2D eigenvalue weighted by atomic mass is 9.56. The molecule has 0 saturated heterocycles. The number of allylic oxidation sites excluding steroid dienone is 4. The predicted molar refractivity (Wildman–Crippen MR) is 261 cm³/mol. The Morgan fingerprint density at radius 3 is 1.78 bits per heavy atom. The summed E-state index contributed by atoms with van der Waals surface area (Å²) in [6, 6.07) is 70.7. The van der Waals surface area contributed by atoms with Gasteiger partial charge in [-0.05, 0) is 82.3 Å². The van der Waals surface area contributed by atoms with Crippen molar-refractivity contribution in [2.75, 3.05) is 10.0 Å². The highest BCUT2D eigenvalue weighted by molar-refractivity contribution is 6.83. The van der Waals surface area contributed by atoms with E-state index < -0.39 is 0 Å². The van der Waals surface area contributed by atoms with Crippen LogP contribution in [0.25, 0.3) is 72.8 Å². The van der Waals surface area contributed by atoms with Crippen molar-refractivity contribution in [3.63, 3.8) is 0 Å². The number of aromatic nitrogens is 4. The molecule has 0 fully saturated rings. The van der Waals surface area contributed by atoms with E-state index in [0.29, 0.717) is 17.6 Å². The zero-order valence-corrected chi connectivity index (χ0v) is 34.3. The summed E-state index contributed by atoms with van der Waals surface area (Å²) in [5.41, 5.74) is 14.5. The summed E-state index contributed by atoms with van der Waals surface area (Å²) in [5, 5.41) is 6.24. The lowest BCUT2D eigenvalue weighted by molar-refractivity contribution is 0.953. The van der Waals surface area contributed by atoms with Gasteiger partial charge in [-0.3, -0.25) is 4.57 Å². The van der Waals surface area contributed by atoms with Crippen LogP contribution in [0.4, 0.5) is 17.1 Å². The zero-order valence-electron chi connectivity index (χ0n) is 34.3. The summed E-state index contributed by atoms with van der Waals surface area (Å²) in [6.07, 6.45) is 8.90. The molecule has 12 rings (SSSR count). The maximum absolute atomic E-state index is 5.14. The van der Waals surface area contributed by atoms with Gasteiger partial charge in [0.1, 0.15) is 0 Å². The molecular weight excluding hydrogens is 767 g/mol. The number of nitrogens with zero attached hydrogens (tertiary/aromatic N) is 5. The van der Waals surface area contributed by atoms with E-state index in [1.165, 1.54) is 22.2 Å². The van der Waals surface area contributed by atoms with Crippen molar-refractivity contribution >= 4 is 51.3 Å². The molecule has 0 atom stereocenters. The highest BCUT2D eigenvalue weighted by Gasteiger charge is 2.39. The van der Waals surface area contributed by atoms with Crippen LogP contribution in [0.3, 0.4) is 0 Å². The third kappa shape index (κ3) is 6.41. The van der Waals surface area contributed by atoms with Crippen LogP contribution < -0.4 is 15.5 Å². The Hall–Kier alpha value is -8.29. The van der Waals surface area contributed by atoms with Crippen LogP contribution in [-0.4, -0.2) is 26.5 Å².